The molecule has 3 aromatic carbocycles. The molecular weight excluding hydrogens is 649 g/mol. The number of methoxy groups -OCH3 is 3. The van der Waals surface area contributed by atoms with Crippen LogP contribution >= 0.6 is 69.6 Å². The van der Waals surface area contributed by atoms with Crippen LogP contribution in [0.2, 0.25) is 30.1 Å². The van der Waals surface area contributed by atoms with Crippen molar-refractivity contribution >= 4 is 93.0 Å². The molecule has 8 nitrogen and oxygen atoms in total. The van der Waals surface area contributed by atoms with Gasteiger partial charge >= 0.3 is 0 Å². The van der Waals surface area contributed by atoms with Crippen LogP contribution in [0.4, 0.5) is 5.69 Å². The minimum Gasteiger partial charge on any atom is -0.493 e. The molecule has 2 aliphatic heterocycles. The summed E-state index contributed by atoms with van der Waals surface area (Å²) in [5.74, 6) is -1.44. The highest BCUT2D eigenvalue weighted by atomic mass is 35.5. The average Bonchev–Trinajstić information content (AvgIpc) is 3.17. The summed E-state index contributed by atoms with van der Waals surface area (Å²) >= 11 is 37.4. The van der Waals surface area contributed by atoms with Crippen molar-refractivity contribution in [1.29, 1.82) is 0 Å². The monoisotopic (exact) mass is 662 g/mol. The maximum atomic E-state index is 13.8. The lowest BCUT2D eigenvalue weighted by Gasteiger charge is -2.50. The van der Waals surface area contributed by atoms with E-state index in [4.69, 9.17) is 83.8 Å². The van der Waals surface area contributed by atoms with E-state index in [1.807, 2.05) is 0 Å². The van der Waals surface area contributed by atoms with Crippen LogP contribution in [0.5, 0.6) is 17.2 Å². The van der Waals surface area contributed by atoms with Gasteiger partial charge in [0.25, 0.3) is 17.7 Å². The number of benzene rings is 3. The summed E-state index contributed by atoms with van der Waals surface area (Å²) in [5, 5.41) is -0.335. The van der Waals surface area contributed by atoms with E-state index in [-0.39, 0.29) is 52.8 Å². The van der Waals surface area contributed by atoms with Crippen LogP contribution < -0.4 is 19.1 Å². The van der Waals surface area contributed by atoms with Gasteiger partial charge in [-0.2, -0.15) is 0 Å². The Morgan fingerprint density at radius 2 is 1.07 bits per heavy atom. The fourth-order valence-electron chi connectivity index (χ4n) is 4.91. The number of carbonyl (C=O) groups is 3. The standard InChI is InChI=1S/C26H16Cl6N2O6/c1-38-13-4-9(5-14(39-2)23(13)40-3)21-22(26(37)33(21)12-7-10(27)6-11(28)8-12)34-24(35)15-16(25(34)36)18(30)20(32)19(31)17(15)29/h4-8,21-22H,1-3H3/t21-,22-/m0/s1. The van der Waals surface area contributed by atoms with Crippen molar-refractivity contribution in [1.82, 2.24) is 4.90 Å². The maximum absolute atomic E-state index is 13.8. The molecule has 5 rings (SSSR count). The van der Waals surface area contributed by atoms with Gasteiger partial charge in [-0.1, -0.05) is 69.6 Å². The number of halogens is 6. The van der Waals surface area contributed by atoms with Crippen LogP contribution in [-0.4, -0.2) is 50.0 Å². The highest BCUT2D eigenvalue weighted by molar-refractivity contribution is 6.55. The highest BCUT2D eigenvalue weighted by Gasteiger charge is 2.58. The number of amides is 3. The molecule has 2 atom stereocenters. The predicted molar refractivity (Wildman–Crippen MR) is 154 cm³/mol. The van der Waals surface area contributed by atoms with Gasteiger partial charge in [0.05, 0.1) is 58.6 Å². The third-order valence-electron chi connectivity index (χ3n) is 6.63. The molecule has 0 spiro atoms. The molecule has 0 saturated carbocycles. The first kappa shape index (κ1) is 28.9. The molecule has 0 aliphatic carbocycles. The summed E-state index contributed by atoms with van der Waals surface area (Å²) in [6, 6.07) is 5.50. The Labute approximate surface area is 258 Å². The third kappa shape index (κ3) is 4.24. The van der Waals surface area contributed by atoms with E-state index >= 15 is 0 Å². The normalized spacial score (nSPS) is 18.2. The molecule has 14 heteroatoms. The van der Waals surface area contributed by atoms with E-state index in [2.05, 4.69) is 0 Å². The van der Waals surface area contributed by atoms with E-state index in [9.17, 15) is 14.4 Å². The number of β-lactam (4-membered cyclic amide) rings is 1. The van der Waals surface area contributed by atoms with E-state index < -0.39 is 29.8 Å². The first-order valence-electron chi connectivity index (χ1n) is 11.3. The zero-order chi connectivity index (χ0) is 29.2. The van der Waals surface area contributed by atoms with Crippen LogP contribution in [0.3, 0.4) is 0 Å². The Hall–Kier alpha value is -2.59. The third-order valence-corrected chi connectivity index (χ3v) is 8.87. The smallest absolute Gasteiger partial charge is 0.264 e. The molecule has 40 heavy (non-hydrogen) atoms. The van der Waals surface area contributed by atoms with Crippen molar-refractivity contribution < 1.29 is 28.6 Å². The number of hydrogen-bond donors (Lipinski definition) is 0. The molecule has 1 fully saturated rings. The zero-order valence-corrected chi connectivity index (χ0v) is 25.2. The number of fused-ring (bicyclic) bond motifs is 1. The van der Waals surface area contributed by atoms with Crippen molar-refractivity contribution in [3.63, 3.8) is 0 Å². The van der Waals surface area contributed by atoms with E-state index in [0.717, 1.165) is 4.90 Å². The number of imide groups is 1. The van der Waals surface area contributed by atoms with Gasteiger partial charge in [0, 0.05) is 15.7 Å². The van der Waals surface area contributed by atoms with Crippen molar-refractivity contribution in [3.8, 4) is 17.2 Å². The second-order valence-electron chi connectivity index (χ2n) is 8.67. The molecule has 0 bridgehead atoms. The SMILES string of the molecule is COc1cc([C@H]2[C@H](N3C(=O)c4c(Cl)c(Cl)c(Cl)c(Cl)c4C3=O)C(=O)N2c2cc(Cl)cc(Cl)c2)cc(OC)c1OC. The van der Waals surface area contributed by atoms with Crippen molar-refractivity contribution in [3.05, 3.63) is 77.2 Å². The summed E-state index contributed by atoms with van der Waals surface area (Å²) < 4.78 is 16.4. The summed E-state index contributed by atoms with van der Waals surface area (Å²) in [6.07, 6.45) is 0. The molecule has 2 aliphatic rings. The van der Waals surface area contributed by atoms with Gasteiger partial charge in [0.1, 0.15) is 6.04 Å². The Morgan fingerprint density at radius 3 is 1.50 bits per heavy atom. The molecule has 0 N–H and O–H groups in total. The molecule has 0 aromatic heterocycles. The predicted octanol–water partition coefficient (Wildman–Crippen LogP) is 7.39. The van der Waals surface area contributed by atoms with Crippen LogP contribution in [0.1, 0.15) is 32.3 Å². The van der Waals surface area contributed by atoms with Crippen LogP contribution in [0.15, 0.2) is 30.3 Å². The number of carbonyl (C=O) groups excluding carboxylic acids is 3. The van der Waals surface area contributed by atoms with Crippen LogP contribution in [0.25, 0.3) is 0 Å². The minimum atomic E-state index is -1.34. The Bertz CT molecular complexity index is 1540. The first-order chi connectivity index (χ1) is 19.0. The minimum absolute atomic E-state index is 0.189. The highest BCUT2D eigenvalue weighted by Crippen LogP contribution is 2.51. The number of nitrogens with zero attached hydrogens (tertiary/aromatic N) is 2. The number of hydrogen-bond acceptors (Lipinski definition) is 6. The van der Waals surface area contributed by atoms with Gasteiger partial charge in [0.2, 0.25) is 5.75 Å². The van der Waals surface area contributed by atoms with E-state index in [1.165, 1.54) is 44.4 Å². The Morgan fingerprint density at radius 1 is 0.600 bits per heavy atom. The van der Waals surface area contributed by atoms with Crippen LogP contribution in [0, 0.1) is 0 Å². The molecule has 3 aromatic rings. The van der Waals surface area contributed by atoms with Crippen molar-refractivity contribution in [2.45, 2.75) is 12.1 Å². The van der Waals surface area contributed by atoms with Crippen molar-refractivity contribution in [2.75, 3.05) is 26.2 Å². The molecule has 1 saturated heterocycles. The number of ether oxygens (including phenoxy) is 3. The van der Waals surface area contributed by atoms with Gasteiger partial charge in [0.15, 0.2) is 11.5 Å². The van der Waals surface area contributed by atoms with Crippen LogP contribution in [-0.2, 0) is 4.79 Å². The maximum Gasteiger partial charge on any atom is 0.264 e. The molecule has 0 radical (unpaired) electrons. The van der Waals surface area contributed by atoms with E-state index in [1.54, 1.807) is 12.1 Å². The summed E-state index contributed by atoms with van der Waals surface area (Å²) in [7, 11) is 4.31. The zero-order valence-electron chi connectivity index (χ0n) is 20.7. The number of anilines is 1. The first-order valence-corrected chi connectivity index (χ1v) is 13.6. The second kappa shape index (κ2) is 10.7. The molecule has 208 valence electrons. The Balaban J connectivity index is 1.70. The summed E-state index contributed by atoms with van der Waals surface area (Å²) in [4.78, 5) is 43.3. The van der Waals surface area contributed by atoms with Gasteiger partial charge in [-0.3, -0.25) is 19.3 Å². The molecule has 2 heterocycles. The quantitative estimate of drug-likeness (QED) is 0.118. The van der Waals surface area contributed by atoms with Gasteiger partial charge in [-0.25, -0.2) is 0 Å². The summed E-state index contributed by atoms with van der Waals surface area (Å²) in [5.41, 5.74) is 0.287. The van der Waals surface area contributed by atoms with Gasteiger partial charge < -0.3 is 19.1 Å². The van der Waals surface area contributed by atoms with Gasteiger partial charge in [-0.05, 0) is 35.9 Å². The fourth-order valence-corrected chi connectivity index (χ4v) is 6.44. The molecular formula is C26H16Cl6N2O6. The molecule has 0 unspecified atom stereocenters. The van der Waals surface area contributed by atoms with Gasteiger partial charge in [-0.15, -0.1) is 0 Å². The second-order valence-corrected chi connectivity index (χ2v) is 11.1. The Kier molecular flexibility index (Phi) is 7.72. The lowest BCUT2D eigenvalue weighted by Crippen LogP contribution is -2.67. The van der Waals surface area contributed by atoms with Crippen molar-refractivity contribution in [2.24, 2.45) is 0 Å². The average molecular weight is 665 g/mol. The summed E-state index contributed by atoms with van der Waals surface area (Å²) in [6.45, 7) is 0. The lowest BCUT2D eigenvalue weighted by molar-refractivity contribution is -0.130. The van der Waals surface area contributed by atoms with E-state index in [0.29, 0.717) is 17.0 Å². The largest absolute Gasteiger partial charge is 0.493 e. The number of rotatable bonds is 6. The molecule has 3 amide bonds. The fraction of sp³-hybridized carbons (Fsp3) is 0.192. The topological polar surface area (TPSA) is 85.4 Å². The lowest BCUT2D eigenvalue weighted by atomic mass is 9.86.